The minimum absolute atomic E-state index is 0.439. The van der Waals surface area contributed by atoms with Crippen molar-refractivity contribution in [2.75, 3.05) is 27.2 Å². The molecule has 0 aromatic rings. The molecule has 0 spiro atoms. The molecule has 0 aliphatic carbocycles. The molecule has 0 fully saturated rings. The van der Waals surface area contributed by atoms with E-state index in [0.717, 1.165) is 31.0 Å². The van der Waals surface area contributed by atoms with Crippen molar-refractivity contribution in [1.29, 1.82) is 0 Å². The van der Waals surface area contributed by atoms with Crippen molar-refractivity contribution in [2.24, 2.45) is 0 Å². The molecule has 0 aromatic carbocycles. The van der Waals surface area contributed by atoms with Crippen LogP contribution >= 0.6 is 12.2 Å². The van der Waals surface area contributed by atoms with E-state index in [-0.39, 0.29) is 0 Å². The fourth-order valence-corrected chi connectivity index (χ4v) is 1.34. The van der Waals surface area contributed by atoms with E-state index in [2.05, 4.69) is 43.5 Å². The summed E-state index contributed by atoms with van der Waals surface area (Å²) in [5.41, 5.74) is 0. The second kappa shape index (κ2) is 8.00. The summed E-state index contributed by atoms with van der Waals surface area (Å²) in [6, 6.07) is 0.439. The van der Waals surface area contributed by atoms with Gasteiger partial charge >= 0.3 is 0 Å². The predicted octanol–water partition coefficient (Wildman–Crippen LogP) is 1.20. The van der Waals surface area contributed by atoms with E-state index < -0.39 is 0 Å². The summed E-state index contributed by atoms with van der Waals surface area (Å²) >= 11 is 5.14. The molecule has 0 amide bonds. The molecule has 2 N–H and O–H groups in total. The van der Waals surface area contributed by atoms with Crippen LogP contribution in [0.3, 0.4) is 0 Å². The first-order valence-corrected chi connectivity index (χ1v) is 5.66. The standard InChI is InChI=1S/C10H23N3S/c1-5-7-11-10(14)12-9(2)6-8-13(3)4/h9H,5-8H2,1-4H3,(H2,11,12,14). The fourth-order valence-electron chi connectivity index (χ4n) is 1.04. The largest absolute Gasteiger partial charge is 0.363 e. The van der Waals surface area contributed by atoms with E-state index in [9.17, 15) is 0 Å². The highest BCUT2D eigenvalue weighted by atomic mass is 32.1. The molecule has 0 rings (SSSR count). The van der Waals surface area contributed by atoms with Crippen LogP contribution in [0.1, 0.15) is 26.7 Å². The van der Waals surface area contributed by atoms with Gasteiger partial charge in [0.15, 0.2) is 5.11 Å². The number of nitrogens with one attached hydrogen (secondary N) is 2. The lowest BCUT2D eigenvalue weighted by Crippen LogP contribution is -2.41. The lowest BCUT2D eigenvalue weighted by atomic mass is 10.2. The van der Waals surface area contributed by atoms with Gasteiger partial charge in [-0.25, -0.2) is 0 Å². The first-order valence-electron chi connectivity index (χ1n) is 5.25. The Bertz CT molecular complexity index is 159. The molecule has 14 heavy (non-hydrogen) atoms. The van der Waals surface area contributed by atoms with Crippen LogP contribution in [0.25, 0.3) is 0 Å². The summed E-state index contributed by atoms with van der Waals surface area (Å²) in [5, 5.41) is 7.20. The Hall–Kier alpha value is -0.350. The van der Waals surface area contributed by atoms with Gasteiger partial charge in [0.2, 0.25) is 0 Å². The van der Waals surface area contributed by atoms with E-state index in [1.54, 1.807) is 0 Å². The Labute approximate surface area is 93.2 Å². The molecule has 0 aliphatic rings. The van der Waals surface area contributed by atoms with Gasteiger partial charge in [-0.1, -0.05) is 6.92 Å². The molecule has 84 valence electrons. The lowest BCUT2D eigenvalue weighted by molar-refractivity contribution is 0.378. The minimum Gasteiger partial charge on any atom is -0.363 e. The number of rotatable bonds is 6. The van der Waals surface area contributed by atoms with Crippen LogP contribution in [-0.4, -0.2) is 43.2 Å². The molecular formula is C10H23N3S. The summed E-state index contributed by atoms with van der Waals surface area (Å²) < 4.78 is 0. The van der Waals surface area contributed by atoms with E-state index in [1.807, 2.05) is 0 Å². The van der Waals surface area contributed by atoms with Crippen LogP contribution < -0.4 is 10.6 Å². The molecule has 0 saturated carbocycles. The smallest absolute Gasteiger partial charge is 0.166 e. The van der Waals surface area contributed by atoms with Crippen molar-refractivity contribution in [3.63, 3.8) is 0 Å². The fraction of sp³-hybridized carbons (Fsp3) is 0.900. The van der Waals surface area contributed by atoms with Crippen molar-refractivity contribution in [1.82, 2.24) is 15.5 Å². The molecule has 0 aliphatic heterocycles. The summed E-state index contributed by atoms with van der Waals surface area (Å²) in [4.78, 5) is 2.18. The van der Waals surface area contributed by atoms with Crippen molar-refractivity contribution in [3.05, 3.63) is 0 Å². The highest BCUT2D eigenvalue weighted by Crippen LogP contribution is 1.91. The normalized spacial score (nSPS) is 12.6. The first-order chi connectivity index (χ1) is 6.56. The molecule has 0 bridgehead atoms. The molecular weight excluding hydrogens is 194 g/mol. The van der Waals surface area contributed by atoms with Crippen molar-refractivity contribution < 1.29 is 0 Å². The minimum atomic E-state index is 0.439. The molecule has 0 heterocycles. The van der Waals surface area contributed by atoms with Crippen LogP contribution in [0.4, 0.5) is 0 Å². The molecule has 4 heteroatoms. The maximum absolute atomic E-state index is 5.14. The molecule has 1 atom stereocenters. The van der Waals surface area contributed by atoms with Gasteiger partial charge in [0, 0.05) is 12.6 Å². The lowest BCUT2D eigenvalue weighted by Gasteiger charge is -2.18. The van der Waals surface area contributed by atoms with Crippen LogP contribution in [0, 0.1) is 0 Å². The zero-order valence-corrected chi connectivity index (χ0v) is 10.6. The molecule has 1 unspecified atom stereocenters. The van der Waals surface area contributed by atoms with Gasteiger partial charge in [-0.15, -0.1) is 0 Å². The average molecular weight is 217 g/mol. The summed E-state index contributed by atoms with van der Waals surface area (Å²) in [7, 11) is 4.17. The van der Waals surface area contributed by atoms with Gasteiger partial charge in [-0.3, -0.25) is 0 Å². The van der Waals surface area contributed by atoms with Gasteiger partial charge in [-0.2, -0.15) is 0 Å². The van der Waals surface area contributed by atoms with Gasteiger partial charge in [0.1, 0.15) is 0 Å². The van der Waals surface area contributed by atoms with Crippen LogP contribution in [0.2, 0.25) is 0 Å². The Balaban J connectivity index is 3.50. The quantitative estimate of drug-likeness (QED) is 0.654. The SMILES string of the molecule is CCCNC(=S)NC(C)CCN(C)C. The maximum Gasteiger partial charge on any atom is 0.166 e. The highest BCUT2D eigenvalue weighted by Gasteiger charge is 2.03. The third-order valence-corrected chi connectivity index (χ3v) is 2.18. The molecule has 0 radical (unpaired) electrons. The van der Waals surface area contributed by atoms with Gasteiger partial charge in [0.05, 0.1) is 0 Å². The zero-order chi connectivity index (χ0) is 11.0. The average Bonchev–Trinajstić information content (AvgIpc) is 2.11. The topological polar surface area (TPSA) is 27.3 Å². The van der Waals surface area contributed by atoms with Gasteiger partial charge in [-0.05, 0) is 52.6 Å². The molecule has 0 aromatic heterocycles. The van der Waals surface area contributed by atoms with Crippen LogP contribution in [-0.2, 0) is 0 Å². The van der Waals surface area contributed by atoms with E-state index in [4.69, 9.17) is 12.2 Å². The Kier molecular flexibility index (Phi) is 7.80. The van der Waals surface area contributed by atoms with Gasteiger partial charge < -0.3 is 15.5 Å². The van der Waals surface area contributed by atoms with E-state index in [1.165, 1.54) is 0 Å². The summed E-state index contributed by atoms with van der Waals surface area (Å²) in [6.07, 6.45) is 2.22. The monoisotopic (exact) mass is 217 g/mol. The summed E-state index contributed by atoms with van der Waals surface area (Å²) in [6.45, 7) is 6.32. The number of hydrogen-bond acceptors (Lipinski definition) is 2. The third kappa shape index (κ3) is 8.26. The van der Waals surface area contributed by atoms with Crippen LogP contribution in [0.5, 0.6) is 0 Å². The Morgan fingerprint density at radius 2 is 2.07 bits per heavy atom. The second-order valence-corrected chi connectivity index (χ2v) is 4.30. The summed E-state index contributed by atoms with van der Waals surface area (Å²) in [5.74, 6) is 0. The second-order valence-electron chi connectivity index (χ2n) is 3.89. The number of hydrogen-bond donors (Lipinski definition) is 2. The number of thiocarbonyl (C=S) groups is 1. The highest BCUT2D eigenvalue weighted by molar-refractivity contribution is 7.80. The zero-order valence-electron chi connectivity index (χ0n) is 9.76. The number of nitrogens with zero attached hydrogens (tertiary/aromatic N) is 1. The first kappa shape index (κ1) is 13.7. The third-order valence-electron chi connectivity index (χ3n) is 1.92. The Morgan fingerprint density at radius 1 is 1.43 bits per heavy atom. The predicted molar refractivity (Wildman–Crippen MR) is 66.7 cm³/mol. The van der Waals surface area contributed by atoms with Crippen molar-refractivity contribution in [3.8, 4) is 0 Å². The molecule has 0 saturated heterocycles. The Morgan fingerprint density at radius 3 is 2.57 bits per heavy atom. The maximum atomic E-state index is 5.14. The van der Waals surface area contributed by atoms with Crippen molar-refractivity contribution >= 4 is 17.3 Å². The van der Waals surface area contributed by atoms with E-state index >= 15 is 0 Å². The van der Waals surface area contributed by atoms with Gasteiger partial charge in [0.25, 0.3) is 0 Å². The van der Waals surface area contributed by atoms with E-state index in [0.29, 0.717) is 6.04 Å². The van der Waals surface area contributed by atoms with Crippen molar-refractivity contribution in [2.45, 2.75) is 32.7 Å². The molecule has 3 nitrogen and oxygen atoms in total. The van der Waals surface area contributed by atoms with Crippen LogP contribution in [0.15, 0.2) is 0 Å².